The van der Waals surface area contributed by atoms with Gasteiger partial charge in [-0.25, -0.2) is 4.79 Å². The summed E-state index contributed by atoms with van der Waals surface area (Å²) in [5.41, 5.74) is -0.195. The number of carbonyl (C=O) groups is 1. The molecule has 4 aromatic rings. The lowest BCUT2D eigenvalue weighted by atomic mass is 10.00. The Hall–Kier alpha value is -3.69. The van der Waals surface area contributed by atoms with Crippen molar-refractivity contribution in [3.63, 3.8) is 0 Å². The fourth-order valence-electron chi connectivity index (χ4n) is 5.12. The molecule has 210 valence electrons. The van der Waals surface area contributed by atoms with Crippen molar-refractivity contribution in [3.8, 4) is 11.1 Å². The summed E-state index contributed by atoms with van der Waals surface area (Å²) < 4.78 is 54.9. The highest BCUT2D eigenvalue weighted by Crippen LogP contribution is 2.39. The van der Waals surface area contributed by atoms with E-state index in [1.54, 1.807) is 19.1 Å². The van der Waals surface area contributed by atoms with E-state index in [-0.39, 0.29) is 34.9 Å². The molecule has 0 radical (unpaired) electrons. The molecule has 0 N–H and O–H groups in total. The first-order valence-electron chi connectivity index (χ1n) is 13.0. The van der Waals surface area contributed by atoms with E-state index in [9.17, 15) is 18.0 Å². The molecular weight excluding hydrogens is 533 g/mol. The Labute approximate surface area is 233 Å². The number of hydrogen-bond donors (Lipinski definition) is 0. The lowest BCUT2D eigenvalue weighted by Crippen LogP contribution is -2.66. The molecular formula is C31H33F3N2O3Si. The summed E-state index contributed by atoms with van der Waals surface area (Å²) >= 11 is 0. The SMILES string of the molecule is CCn1cc(-c2cc(CO[Si](c3ccccc3)(c3ccccc3)C(C)(C)C)cc(C(=O)OC)c2)c(C(F)(F)F)n1. The maximum atomic E-state index is 13.9. The number of esters is 1. The van der Waals surface area contributed by atoms with Crippen LogP contribution in [-0.2, 0) is 28.5 Å². The molecule has 1 heterocycles. The van der Waals surface area contributed by atoms with Gasteiger partial charge in [0.05, 0.1) is 19.3 Å². The van der Waals surface area contributed by atoms with Gasteiger partial charge in [0.25, 0.3) is 8.32 Å². The van der Waals surface area contributed by atoms with Crippen LogP contribution in [0.15, 0.2) is 85.1 Å². The highest BCUT2D eigenvalue weighted by molar-refractivity contribution is 6.99. The molecule has 0 saturated heterocycles. The fraction of sp³-hybridized carbons (Fsp3) is 0.290. The van der Waals surface area contributed by atoms with E-state index in [1.807, 2.05) is 36.4 Å². The molecule has 40 heavy (non-hydrogen) atoms. The Morgan fingerprint density at radius 3 is 1.98 bits per heavy atom. The van der Waals surface area contributed by atoms with Crippen molar-refractivity contribution in [1.29, 1.82) is 0 Å². The number of rotatable bonds is 8. The second kappa shape index (κ2) is 11.4. The van der Waals surface area contributed by atoms with E-state index in [0.717, 1.165) is 10.4 Å². The number of alkyl halides is 3. The smallest absolute Gasteiger partial charge is 0.435 e. The first kappa shape index (κ1) is 29.3. The van der Waals surface area contributed by atoms with Gasteiger partial charge in [-0.1, -0.05) is 81.4 Å². The Bertz CT molecular complexity index is 1420. The van der Waals surface area contributed by atoms with E-state index >= 15 is 0 Å². The Morgan fingerprint density at radius 2 is 1.50 bits per heavy atom. The normalized spacial score (nSPS) is 12.4. The summed E-state index contributed by atoms with van der Waals surface area (Å²) in [6.07, 6.45) is -3.31. The number of aromatic nitrogens is 2. The van der Waals surface area contributed by atoms with Gasteiger partial charge < -0.3 is 9.16 Å². The van der Waals surface area contributed by atoms with Crippen LogP contribution in [0.5, 0.6) is 0 Å². The number of carbonyl (C=O) groups excluding carboxylic acids is 1. The zero-order valence-electron chi connectivity index (χ0n) is 23.3. The molecule has 4 rings (SSSR count). The number of aryl methyl sites for hydroxylation is 1. The van der Waals surface area contributed by atoms with Crippen LogP contribution in [0.25, 0.3) is 11.1 Å². The van der Waals surface area contributed by atoms with Crippen molar-refractivity contribution < 1.29 is 27.1 Å². The lowest BCUT2D eigenvalue weighted by Gasteiger charge is -2.43. The molecule has 0 fully saturated rings. The summed E-state index contributed by atoms with van der Waals surface area (Å²) in [6, 6.07) is 24.8. The van der Waals surface area contributed by atoms with Gasteiger partial charge in [-0.15, -0.1) is 0 Å². The Balaban J connectivity index is 1.87. The van der Waals surface area contributed by atoms with E-state index in [2.05, 4.69) is 50.1 Å². The highest BCUT2D eigenvalue weighted by atomic mass is 28.4. The number of methoxy groups -OCH3 is 1. The predicted octanol–water partition coefficient (Wildman–Crippen LogP) is 6.45. The van der Waals surface area contributed by atoms with Gasteiger partial charge in [-0.3, -0.25) is 4.68 Å². The molecule has 0 aliphatic carbocycles. The summed E-state index contributed by atoms with van der Waals surface area (Å²) in [7, 11) is -1.70. The predicted molar refractivity (Wildman–Crippen MR) is 152 cm³/mol. The largest absolute Gasteiger partial charge is 0.465 e. The van der Waals surface area contributed by atoms with Gasteiger partial charge in [0.15, 0.2) is 5.69 Å². The average Bonchev–Trinajstić information content (AvgIpc) is 3.39. The van der Waals surface area contributed by atoms with Gasteiger partial charge in [-0.05, 0) is 51.7 Å². The van der Waals surface area contributed by atoms with Crippen LogP contribution >= 0.6 is 0 Å². The van der Waals surface area contributed by atoms with Crippen LogP contribution in [0.4, 0.5) is 13.2 Å². The van der Waals surface area contributed by atoms with Gasteiger partial charge in [0, 0.05) is 18.3 Å². The summed E-state index contributed by atoms with van der Waals surface area (Å²) in [6.45, 7) is 8.49. The monoisotopic (exact) mass is 566 g/mol. The van der Waals surface area contributed by atoms with Gasteiger partial charge >= 0.3 is 12.1 Å². The number of halogens is 3. The van der Waals surface area contributed by atoms with Crippen molar-refractivity contribution >= 4 is 24.7 Å². The van der Waals surface area contributed by atoms with Crippen LogP contribution in [0.2, 0.25) is 5.04 Å². The molecule has 0 aliphatic heterocycles. The van der Waals surface area contributed by atoms with Crippen molar-refractivity contribution in [3.05, 3.63) is 102 Å². The fourth-order valence-corrected chi connectivity index (χ4v) is 9.66. The molecule has 0 spiro atoms. The molecule has 0 atom stereocenters. The minimum absolute atomic E-state index is 0.0778. The summed E-state index contributed by atoms with van der Waals surface area (Å²) in [5, 5.41) is 5.59. The lowest BCUT2D eigenvalue weighted by molar-refractivity contribution is -0.141. The average molecular weight is 567 g/mol. The standard InChI is InChI=1S/C31H33F3N2O3Si/c1-6-36-20-27(28(35-36)31(32,33)34)23-17-22(18-24(19-23)29(37)38-5)21-39-40(30(2,3)4,25-13-9-7-10-14-25)26-15-11-8-12-16-26/h7-20H,6,21H2,1-5H3. The van der Waals surface area contributed by atoms with Crippen molar-refractivity contribution in [2.75, 3.05) is 7.11 Å². The Kier molecular flexibility index (Phi) is 8.37. The molecule has 0 saturated carbocycles. The third kappa shape index (κ3) is 5.76. The van der Waals surface area contributed by atoms with Crippen LogP contribution in [-0.4, -0.2) is 31.2 Å². The topological polar surface area (TPSA) is 53.4 Å². The molecule has 0 bridgehead atoms. The molecule has 0 aliphatic rings. The third-order valence-electron chi connectivity index (χ3n) is 6.95. The van der Waals surface area contributed by atoms with Crippen LogP contribution in [0.3, 0.4) is 0 Å². The third-order valence-corrected chi connectivity index (χ3v) is 11.9. The van der Waals surface area contributed by atoms with Gasteiger partial charge in [-0.2, -0.15) is 18.3 Å². The van der Waals surface area contributed by atoms with Gasteiger partial charge in [0.1, 0.15) is 0 Å². The maximum absolute atomic E-state index is 13.9. The van der Waals surface area contributed by atoms with Crippen LogP contribution in [0.1, 0.15) is 49.3 Å². The first-order valence-corrected chi connectivity index (χ1v) is 14.9. The zero-order valence-corrected chi connectivity index (χ0v) is 24.3. The van der Waals surface area contributed by atoms with E-state index in [0.29, 0.717) is 5.56 Å². The number of nitrogens with zero attached hydrogens (tertiary/aromatic N) is 2. The first-order chi connectivity index (χ1) is 18.9. The molecule has 9 heteroatoms. The van der Waals surface area contributed by atoms with E-state index < -0.39 is 26.2 Å². The minimum atomic E-state index is -4.66. The quantitative estimate of drug-likeness (QED) is 0.182. The summed E-state index contributed by atoms with van der Waals surface area (Å²) in [4.78, 5) is 12.6. The molecule has 0 unspecified atom stereocenters. The van der Waals surface area contributed by atoms with Crippen molar-refractivity contribution in [1.82, 2.24) is 9.78 Å². The Morgan fingerprint density at radius 1 is 0.925 bits per heavy atom. The number of hydrogen-bond acceptors (Lipinski definition) is 4. The van der Waals surface area contributed by atoms with Crippen LogP contribution < -0.4 is 10.4 Å². The number of benzene rings is 3. The minimum Gasteiger partial charge on any atom is -0.465 e. The number of ether oxygens (including phenoxy) is 1. The zero-order chi connectivity index (χ0) is 29.1. The van der Waals surface area contributed by atoms with Crippen molar-refractivity contribution in [2.24, 2.45) is 0 Å². The maximum Gasteiger partial charge on any atom is 0.435 e. The van der Waals surface area contributed by atoms with Crippen molar-refractivity contribution in [2.45, 2.75) is 52.1 Å². The van der Waals surface area contributed by atoms with Crippen LogP contribution in [0, 0.1) is 0 Å². The highest BCUT2D eigenvalue weighted by Gasteiger charge is 2.50. The second-order valence-electron chi connectivity index (χ2n) is 10.6. The molecule has 3 aromatic carbocycles. The van der Waals surface area contributed by atoms with Gasteiger partial charge in [0.2, 0.25) is 0 Å². The molecule has 5 nitrogen and oxygen atoms in total. The molecule has 0 amide bonds. The molecule has 1 aromatic heterocycles. The second-order valence-corrected chi connectivity index (χ2v) is 14.9. The van der Waals surface area contributed by atoms with E-state index in [4.69, 9.17) is 9.16 Å². The summed E-state index contributed by atoms with van der Waals surface area (Å²) in [5.74, 6) is -0.648. The van der Waals surface area contributed by atoms with E-state index in [1.165, 1.54) is 24.1 Å².